The fourth-order valence-corrected chi connectivity index (χ4v) is 4.30. The third-order valence-corrected chi connectivity index (χ3v) is 6.47. The molecule has 2 heterocycles. The molecule has 0 bridgehead atoms. The molecule has 2 aliphatic rings. The molecule has 1 saturated heterocycles. The van der Waals surface area contributed by atoms with Gasteiger partial charge < -0.3 is 15.0 Å². The first-order chi connectivity index (χ1) is 15.2. The summed E-state index contributed by atoms with van der Waals surface area (Å²) < 4.78 is 5.45. The zero-order valence-corrected chi connectivity index (χ0v) is 20.4. The lowest BCUT2D eigenvalue weighted by molar-refractivity contribution is -0.139. The molecule has 1 aromatic carbocycles. The fourth-order valence-electron chi connectivity index (χ4n) is 4.30. The van der Waals surface area contributed by atoms with E-state index >= 15 is 0 Å². The van der Waals surface area contributed by atoms with E-state index in [2.05, 4.69) is 54.9 Å². The van der Waals surface area contributed by atoms with Crippen LogP contribution >= 0.6 is 0 Å². The van der Waals surface area contributed by atoms with Gasteiger partial charge in [-0.2, -0.15) is 0 Å². The van der Waals surface area contributed by atoms with Crippen molar-refractivity contribution in [1.82, 2.24) is 20.0 Å². The number of ether oxygens (including phenoxy) is 1. The second kappa shape index (κ2) is 10.0. The van der Waals surface area contributed by atoms with Gasteiger partial charge in [-0.15, -0.1) is 0 Å². The fraction of sp³-hybridized carbons (Fsp3) is 0.600. The lowest BCUT2D eigenvalue weighted by Crippen LogP contribution is -2.52. The highest BCUT2D eigenvalue weighted by atomic mass is 16.5. The second-order valence-electron chi connectivity index (χ2n) is 9.60. The van der Waals surface area contributed by atoms with Crippen LogP contribution in [0.2, 0.25) is 0 Å². The van der Waals surface area contributed by atoms with Crippen LogP contribution in [0.5, 0.6) is 0 Å². The molecule has 1 atom stereocenters. The third kappa shape index (κ3) is 5.33. The summed E-state index contributed by atoms with van der Waals surface area (Å²) in [7, 11) is 1.73. The normalized spacial score (nSPS) is 21.0. The van der Waals surface area contributed by atoms with Gasteiger partial charge in [0, 0.05) is 45.5 Å². The molecule has 7 heteroatoms. The predicted molar refractivity (Wildman–Crippen MR) is 126 cm³/mol. The number of esters is 1. The average molecular weight is 443 g/mol. The summed E-state index contributed by atoms with van der Waals surface area (Å²) in [5.74, 6) is -0.369. The molecular weight excluding hydrogens is 404 g/mol. The van der Waals surface area contributed by atoms with Crippen molar-refractivity contribution in [1.29, 1.82) is 0 Å². The lowest BCUT2D eigenvalue weighted by atomic mass is 9.85. The Bertz CT molecular complexity index is 849. The maximum Gasteiger partial charge on any atom is 0.338 e. The van der Waals surface area contributed by atoms with Crippen LogP contribution in [-0.4, -0.2) is 79.6 Å². The molecule has 1 aromatic rings. The van der Waals surface area contributed by atoms with Crippen molar-refractivity contribution in [2.24, 2.45) is 0 Å². The van der Waals surface area contributed by atoms with E-state index in [9.17, 15) is 9.59 Å². The number of benzene rings is 1. The van der Waals surface area contributed by atoms with Gasteiger partial charge in [0.15, 0.2) is 0 Å². The van der Waals surface area contributed by atoms with E-state index in [1.54, 1.807) is 18.9 Å². The van der Waals surface area contributed by atoms with Crippen molar-refractivity contribution in [3.05, 3.63) is 46.7 Å². The number of rotatable bonds is 6. The Labute approximate surface area is 192 Å². The largest absolute Gasteiger partial charge is 0.463 e. The zero-order valence-electron chi connectivity index (χ0n) is 20.4. The van der Waals surface area contributed by atoms with E-state index in [-0.39, 0.29) is 24.0 Å². The Morgan fingerprint density at radius 3 is 2.19 bits per heavy atom. The molecule has 0 radical (unpaired) electrons. The summed E-state index contributed by atoms with van der Waals surface area (Å²) in [5.41, 5.74) is 3.37. The molecule has 0 aromatic heterocycles. The van der Waals surface area contributed by atoms with E-state index in [0.29, 0.717) is 12.1 Å². The number of urea groups is 1. The molecule has 2 amide bonds. The van der Waals surface area contributed by atoms with Gasteiger partial charge >= 0.3 is 12.0 Å². The Kier molecular flexibility index (Phi) is 7.62. The molecule has 32 heavy (non-hydrogen) atoms. The molecule has 0 saturated carbocycles. The molecule has 2 aliphatic heterocycles. The van der Waals surface area contributed by atoms with Gasteiger partial charge in [-0.05, 0) is 30.0 Å². The van der Waals surface area contributed by atoms with Gasteiger partial charge in [0.05, 0.1) is 18.2 Å². The first-order valence-corrected chi connectivity index (χ1v) is 11.6. The monoisotopic (exact) mass is 442 g/mol. The molecule has 0 aliphatic carbocycles. The van der Waals surface area contributed by atoms with Gasteiger partial charge in [-0.1, -0.05) is 52.0 Å². The first kappa shape index (κ1) is 24.3. The SMILES string of the molecule is CCOC(=O)C1=C(CN2CCN(CC)CC2)N(C)C(=O)NC1c1ccc(C(C)(C)C)cc1. The molecule has 1 fully saturated rings. The summed E-state index contributed by atoms with van der Waals surface area (Å²) in [4.78, 5) is 32.3. The number of hydrogen-bond acceptors (Lipinski definition) is 5. The van der Waals surface area contributed by atoms with Crippen molar-refractivity contribution >= 4 is 12.0 Å². The van der Waals surface area contributed by atoms with Crippen molar-refractivity contribution in [3.8, 4) is 0 Å². The van der Waals surface area contributed by atoms with E-state index < -0.39 is 6.04 Å². The molecule has 1 unspecified atom stereocenters. The second-order valence-corrected chi connectivity index (χ2v) is 9.60. The van der Waals surface area contributed by atoms with Crippen LogP contribution in [0.4, 0.5) is 4.79 Å². The quantitative estimate of drug-likeness (QED) is 0.686. The summed E-state index contributed by atoms with van der Waals surface area (Å²) in [6.07, 6.45) is 0. The number of nitrogens with one attached hydrogen (secondary N) is 1. The van der Waals surface area contributed by atoms with Crippen molar-refractivity contribution < 1.29 is 14.3 Å². The minimum atomic E-state index is -0.529. The predicted octanol–water partition coefficient (Wildman–Crippen LogP) is 3.13. The summed E-state index contributed by atoms with van der Waals surface area (Å²) in [5, 5.41) is 3.01. The van der Waals surface area contributed by atoms with Crippen molar-refractivity contribution in [2.75, 3.05) is 52.9 Å². The average Bonchev–Trinajstić information content (AvgIpc) is 2.77. The van der Waals surface area contributed by atoms with Crippen LogP contribution in [0.15, 0.2) is 35.5 Å². The summed E-state index contributed by atoms with van der Waals surface area (Å²) >= 11 is 0. The van der Waals surface area contributed by atoms with Gasteiger partial charge in [0.2, 0.25) is 0 Å². The highest BCUT2D eigenvalue weighted by Crippen LogP contribution is 2.33. The maximum atomic E-state index is 13.1. The minimum absolute atomic E-state index is 0.0279. The van der Waals surface area contributed by atoms with Crippen LogP contribution in [0.25, 0.3) is 0 Å². The van der Waals surface area contributed by atoms with Crippen LogP contribution in [0.3, 0.4) is 0 Å². The van der Waals surface area contributed by atoms with Gasteiger partial charge in [-0.3, -0.25) is 9.80 Å². The molecule has 7 nitrogen and oxygen atoms in total. The first-order valence-electron chi connectivity index (χ1n) is 11.6. The topological polar surface area (TPSA) is 65.1 Å². The van der Waals surface area contributed by atoms with E-state index in [4.69, 9.17) is 4.74 Å². The number of amides is 2. The summed E-state index contributed by atoms with van der Waals surface area (Å²) in [6, 6.07) is 7.43. The standard InChI is InChI=1S/C25H38N4O3/c1-7-28-13-15-29(16-14-28)17-20-21(23(30)32-8-2)22(26-24(31)27(20)6)18-9-11-19(12-10-18)25(3,4)5/h9-12,22H,7-8,13-17H2,1-6H3,(H,26,31). The van der Waals surface area contributed by atoms with Crippen molar-refractivity contribution in [2.45, 2.75) is 46.1 Å². The van der Waals surface area contributed by atoms with Crippen LogP contribution in [0, 0.1) is 0 Å². The third-order valence-electron chi connectivity index (χ3n) is 6.47. The summed E-state index contributed by atoms with van der Waals surface area (Å²) in [6.45, 7) is 16.2. The maximum absolute atomic E-state index is 13.1. The minimum Gasteiger partial charge on any atom is -0.463 e. The van der Waals surface area contributed by atoms with E-state index in [1.165, 1.54) is 5.56 Å². The molecule has 176 valence electrons. The molecule has 1 N–H and O–H groups in total. The number of nitrogens with zero attached hydrogens (tertiary/aromatic N) is 3. The van der Waals surface area contributed by atoms with Crippen LogP contribution in [0.1, 0.15) is 51.8 Å². The number of hydrogen-bond donors (Lipinski definition) is 1. The Hall–Kier alpha value is -2.38. The highest BCUT2D eigenvalue weighted by molar-refractivity contribution is 5.95. The number of carbonyl (C=O) groups is 2. The van der Waals surface area contributed by atoms with Gasteiger partial charge in [0.25, 0.3) is 0 Å². The molecule has 3 rings (SSSR count). The van der Waals surface area contributed by atoms with Gasteiger partial charge in [0.1, 0.15) is 0 Å². The lowest BCUT2D eigenvalue weighted by Gasteiger charge is -2.39. The van der Waals surface area contributed by atoms with Crippen LogP contribution in [-0.2, 0) is 14.9 Å². The Morgan fingerprint density at radius 1 is 1.06 bits per heavy atom. The number of likely N-dealkylation sites (N-methyl/N-ethyl adjacent to an activating group) is 2. The van der Waals surface area contributed by atoms with Crippen molar-refractivity contribution in [3.63, 3.8) is 0 Å². The van der Waals surface area contributed by atoms with Gasteiger partial charge in [-0.25, -0.2) is 9.59 Å². The molecule has 0 spiro atoms. The smallest absolute Gasteiger partial charge is 0.338 e. The molecular formula is C25H38N4O3. The van der Waals surface area contributed by atoms with E-state index in [0.717, 1.165) is 44.0 Å². The number of piperazine rings is 1. The van der Waals surface area contributed by atoms with E-state index in [1.807, 2.05) is 12.1 Å². The van der Waals surface area contributed by atoms with Crippen LogP contribution < -0.4 is 5.32 Å². The zero-order chi connectivity index (χ0) is 23.5. The highest BCUT2D eigenvalue weighted by Gasteiger charge is 2.37. The Morgan fingerprint density at radius 2 is 1.66 bits per heavy atom. The Balaban J connectivity index is 1.98. The number of carbonyl (C=O) groups excluding carboxylic acids is 2.